The van der Waals surface area contributed by atoms with Gasteiger partial charge in [-0.05, 0) is 56.9 Å². The van der Waals surface area contributed by atoms with Gasteiger partial charge in [-0.1, -0.05) is 19.4 Å². The predicted octanol–water partition coefficient (Wildman–Crippen LogP) is 3.66. The Kier molecular flexibility index (Phi) is 4.32. The average molecular weight is 417 g/mol. The molecule has 2 heterocycles. The van der Waals surface area contributed by atoms with Crippen LogP contribution in [0.2, 0.25) is 0 Å². The summed E-state index contributed by atoms with van der Waals surface area (Å²) in [5.41, 5.74) is 0.160. The highest BCUT2D eigenvalue weighted by molar-refractivity contribution is 5.92. The summed E-state index contributed by atoms with van der Waals surface area (Å²) >= 11 is 0. The van der Waals surface area contributed by atoms with Gasteiger partial charge in [-0.3, -0.25) is 14.4 Å². The van der Waals surface area contributed by atoms with E-state index in [0.717, 1.165) is 44.1 Å². The van der Waals surface area contributed by atoms with E-state index in [1.807, 2.05) is 0 Å². The van der Waals surface area contributed by atoms with E-state index >= 15 is 0 Å². The standard InChI is InChI=1S/C24H32O6/c1-21(9-7-17(25)12-15(21)4-5-19(26)28-3)24-13-16-6-10-23(11-8-20(27)30-23)22(16,2)14-18(24)29-24/h12,16,18H,4-11,13-14H2,1-3H3. The number of fused-ring (bicyclic) bond motifs is 3. The largest absolute Gasteiger partial charge is 0.469 e. The number of carbonyl (C=O) groups excluding carboxylic acids is 3. The second-order valence-electron chi connectivity index (χ2n) is 10.6. The van der Waals surface area contributed by atoms with Crippen molar-refractivity contribution in [2.24, 2.45) is 16.7 Å². The van der Waals surface area contributed by atoms with Gasteiger partial charge in [0.15, 0.2) is 5.78 Å². The number of ketones is 1. The van der Waals surface area contributed by atoms with Gasteiger partial charge in [0.25, 0.3) is 0 Å². The van der Waals surface area contributed by atoms with Crippen LogP contribution in [-0.2, 0) is 28.6 Å². The van der Waals surface area contributed by atoms with Crippen molar-refractivity contribution < 1.29 is 28.6 Å². The molecule has 0 N–H and O–H groups in total. The third-order valence-corrected chi connectivity index (χ3v) is 9.53. The Labute approximate surface area is 177 Å². The molecule has 0 radical (unpaired) electrons. The van der Waals surface area contributed by atoms with Crippen LogP contribution in [0.15, 0.2) is 11.6 Å². The third kappa shape index (κ3) is 2.55. The SMILES string of the molecule is COC(=O)CCC1=CC(=O)CCC1(C)C12CC3CCC4(CCC(=O)O4)C3(C)CC1O2. The highest BCUT2D eigenvalue weighted by Crippen LogP contribution is 2.73. The van der Waals surface area contributed by atoms with Crippen LogP contribution in [0.1, 0.15) is 78.1 Å². The molecule has 2 aliphatic heterocycles. The molecule has 0 aromatic carbocycles. The summed E-state index contributed by atoms with van der Waals surface area (Å²) < 4.78 is 17.3. The van der Waals surface area contributed by atoms with Gasteiger partial charge in [0, 0.05) is 30.1 Å². The van der Waals surface area contributed by atoms with Crippen molar-refractivity contribution in [2.75, 3.05) is 7.11 Å². The Morgan fingerprint density at radius 3 is 2.67 bits per heavy atom. The lowest BCUT2D eigenvalue weighted by atomic mass is 9.53. The number of methoxy groups -OCH3 is 1. The molecule has 5 rings (SSSR count). The van der Waals surface area contributed by atoms with Crippen molar-refractivity contribution in [1.29, 1.82) is 0 Å². The Morgan fingerprint density at radius 2 is 1.97 bits per heavy atom. The zero-order chi connectivity index (χ0) is 21.4. The molecule has 1 spiro atoms. The van der Waals surface area contributed by atoms with Crippen LogP contribution in [-0.4, -0.2) is 42.1 Å². The van der Waals surface area contributed by atoms with Crippen LogP contribution in [0.3, 0.4) is 0 Å². The number of ether oxygens (including phenoxy) is 3. The molecule has 5 aliphatic rings. The van der Waals surface area contributed by atoms with Gasteiger partial charge in [0.1, 0.15) is 11.2 Å². The summed E-state index contributed by atoms with van der Waals surface area (Å²) in [4.78, 5) is 36.0. The van der Waals surface area contributed by atoms with E-state index in [4.69, 9.17) is 14.2 Å². The molecule has 164 valence electrons. The fourth-order valence-corrected chi connectivity index (χ4v) is 7.46. The van der Waals surface area contributed by atoms with E-state index in [-0.39, 0.29) is 52.3 Å². The predicted molar refractivity (Wildman–Crippen MR) is 107 cm³/mol. The van der Waals surface area contributed by atoms with Gasteiger partial charge in [-0.15, -0.1) is 0 Å². The third-order valence-electron chi connectivity index (χ3n) is 9.53. The molecule has 0 aromatic heterocycles. The maximum Gasteiger partial charge on any atom is 0.306 e. The van der Waals surface area contributed by atoms with E-state index in [0.29, 0.717) is 25.2 Å². The molecule has 0 bridgehead atoms. The van der Waals surface area contributed by atoms with Crippen LogP contribution in [0, 0.1) is 16.7 Å². The molecular weight excluding hydrogens is 384 g/mol. The van der Waals surface area contributed by atoms with Crippen molar-refractivity contribution in [1.82, 2.24) is 0 Å². The Hall–Kier alpha value is -1.69. The lowest BCUT2D eigenvalue weighted by Crippen LogP contribution is -2.53. The molecule has 0 amide bonds. The van der Waals surface area contributed by atoms with Crippen molar-refractivity contribution in [2.45, 2.75) is 95.4 Å². The first-order valence-electron chi connectivity index (χ1n) is 11.4. The number of rotatable bonds is 4. The quantitative estimate of drug-likeness (QED) is 0.514. The smallest absolute Gasteiger partial charge is 0.306 e. The zero-order valence-corrected chi connectivity index (χ0v) is 18.3. The van der Waals surface area contributed by atoms with Crippen molar-refractivity contribution in [3.63, 3.8) is 0 Å². The minimum atomic E-state index is -0.320. The monoisotopic (exact) mass is 416 g/mol. The van der Waals surface area contributed by atoms with Crippen LogP contribution in [0.4, 0.5) is 0 Å². The molecule has 2 saturated carbocycles. The first-order valence-corrected chi connectivity index (χ1v) is 11.4. The number of epoxide rings is 1. The second kappa shape index (κ2) is 6.41. The summed E-state index contributed by atoms with van der Waals surface area (Å²) in [6.07, 6.45) is 9.19. The first-order chi connectivity index (χ1) is 14.2. The van der Waals surface area contributed by atoms with Gasteiger partial charge in [0.2, 0.25) is 0 Å². The lowest BCUT2D eigenvalue weighted by Gasteiger charge is -2.50. The lowest BCUT2D eigenvalue weighted by molar-refractivity contribution is -0.161. The van der Waals surface area contributed by atoms with E-state index in [1.165, 1.54) is 7.11 Å². The van der Waals surface area contributed by atoms with Crippen molar-refractivity contribution in [3.8, 4) is 0 Å². The van der Waals surface area contributed by atoms with Crippen molar-refractivity contribution >= 4 is 17.7 Å². The van der Waals surface area contributed by atoms with Gasteiger partial charge in [0.05, 0.1) is 13.2 Å². The average Bonchev–Trinajstić information content (AvgIpc) is 3.20. The Bertz CT molecular complexity index is 847. The number of esters is 2. The van der Waals surface area contributed by atoms with E-state index in [9.17, 15) is 14.4 Å². The fourth-order valence-electron chi connectivity index (χ4n) is 7.46. The number of hydrogen-bond donors (Lipinski definition) is 0. The molecule has 0 aromatic rings. The molecule has 30 heavy (non-hydrogen) atoms. The van der Waals surface area contributed by atoms with E-state index in [2.05, 4.69) is 13.8 Å². The number of allylic oxidation sites excluding steroid dienone is 1. The second-order valence-corrected chi connectivity index (χ2v) is 10.6. The molecular formula is C24H32O6. The van der Waals surface area contributed by atoms with Gasteiger partial charge >= 0.3 is 11.9 Å². The highest BCUT2D eigenvalue weighted by Gasteiger charge is 2.76. The minimum absolute atomic E-state index is 0.0411. The molecule has 6 unspecified atom stereocenters. The molecule has 4 fully saturated rings. The van der Waals surface area contributed by atoms with Crippen LogP contribution < -0.4 is 0 Å². The van der Waals surface area contributed by atoms with Gasteiger partial charge in [-0.25, -0.2) is 0 Å². The summed E-state index contributed by atoms with van der Waals surface area (Å²) in [5, 5.41) is 0. The molecule has 6 nitrogen and oxygen atoms in total. The maximum atomic E-state index is 12.2. The van der Waals surface area contributed by atoms with E-state index < -0.39 is 0 Å². The normalized spacial score (nSPS) is 46.8. The first kappa shape index (κ1) is 20.2. The topological polar surface area (TPSA) is 82.2 Å². The summed E-state index contributed by atoms with van der Waals surface area (Å²) in [6.45, 7) is 4.53. The van der Waals surface area contributed by atoms with Crippen LogP contribution >= 0.6 is 0 Å². The fraction of sp³-hybridized carbons (Fsp3) is 0.792. The van der Waals surface area contributed by atoms with E-state index in [1.54, 1.807) is 6.08 Å². The maximum absolute atomic E-state index is 12.2. The minimum Gasteiger partial charge on any atom is -0.469 e. The summed E-state index contributed by atoms with van der Waals surface area (Å²) in [5.74, 6) is 0.271. The zero-order valence-electron chi connectivity index (χ0n) is 18.3. The molecule has 6 atom stereocenters. The number of hydrogen-bond acceptors (Lipinski definition) is 6. The Balaban J connectivity index is 1.42. The summed E-state index contributed by atoms with van der Waals surface area (Å²) in [7, 11) is 1.40. The number of carbonyl (C=O) groups is 3. The van der Waals surface area contributed by atoms with Crippen LogP contribution in [0.25, 0.3) is 0 Å². The molecule has 6 heteroatoms. The van der Waals surface area contributed by atoms with Gasteiger partial charge < -0.3 is 14.2 Å². The highest BCUT2D eigenvalue weighted by atomic mass is 16.6. The molecule has 2 saturated heterocycles. The molecule has 3 aliphatic carbocycles. The van der Waals surface area contributed by atoms with Gasteiger partial charge in [-0.2, -0.15) is 0 Å². The Morgan fingerprint density at radius 1 is 1.17 bits per heavy atom. The van der Waals surface area contributed by atoms with Crippen LogP contribution in [0.5, 0.6) is 0 Å². The summed E-state index contributed by atoms with van der Waals surface area (Å²) in [6, 6.07) is 0. The van der Waals surface area contributed by atoms with Crippen molar-refractivity contribution in [3.05, 3.63) is 11.6 Å².